The van der Waals surface area contributed by atoms with E-state index in [0.717, 1.165) is 22.8 Å². The number of benzene rings is 2. The van der Waals surface area contributed by atoms with Gasteiger partial charge in [0.25, 0.3) is 5.91 Å². The molecule has 3 aromatic rings. The van der Waals surface area contributed by atoms with Crippen LogP contribution in [-0.2, 0) is 11.0 Å². The molecule has 2 N–H and O–H groups in total. The van der Waals surface area contributed by atoms with Crippen LogP contribution >= 0.6 is 47.2 Å². The summed E-state index contributed by atoms with van der Waals surface area (Å²) in [6, 6.07) is 11.5. The number of urea groups is 1. The molecule has 1 saturated heterocycles. The number of nitrogens with zero attached hydrogens (tertiary/aromatic N) is 1. The van der Waals surface area contributed by atoms with E-state index in [0.29, 0.717) is 10.7 Å². The summed E-state index contributed by atoms with van der Waals surface area (Å²) in [5.41, 5.74) is 1.69. The Balaban J connectivity index is 1.48. The number of hydrogen-bond acceptors (Lipinski definition) is 5. The SMILES string of the molecule is O=C(Nc1ccc(Cl)c(Cl)c1)NN1C(=O)/C(=C\c2ccc(-c3ccccc3C(F)(F)F)o2)SC1=S. The maximum absolute atomic E-state index is 13.3. The van der Waals surface area contributed by atoms with Crippen LogP contribution < -0.4 is 10.7 Å². The molecule has 35 heavy (non-hydrogen) atoms. The standard InChI is InChI=1S/C22H12Cl2F3N3O3S2/c23-15-7-5-11(9-16(15)24)28-20(32)29-30-19(31)18(35-21(30)34)10-12-6-8-17(33-12)13-3-1-2-4-14(13)22(25,26)27/h1-10H,(H2,28,29,32)/b18-10+. The molecule has 0 radical (unpaired) electrons. The van der Waals surface area contributed by atoms with Gasteiger partial charge in [-0.25, -0.2) is 10.2 Å². The van der Waals surface area contributed by atoms with E-state index in [1.807, 2.05) is 0 Å². The smallest absolute Gasteiger partial charge is 0.417 e. The second kappa shape index (κ2) is 9.94. The summed E-state index contributed by atoms with van der Waals surface area (Å²) in [5, 5.41) is 3.90. The maximum Gasteiger partial charge on any atom is 0.417 e. The van der Waals surface area contributed by atoms with Crippen molar-refractivity contribution in [2.24, 2.45) is 0 Å². The zero-order valence-corrected chi connectivity index (χ0v) is 20.3. The number of furan rings is 1. The van der Waals surface area contributed by atoms with Crippen molar-refractivity contribution in [3.8, 4) is 11.3 Å². The van der Waals surface area contributed by atoms with E-state index >= 15 is 0 Å². The number of anilines is 1. The molecule has 1 aromatic heterocycles. The molecule has 180 valence electrons. The molecular formula is C22H12Cl2F3N3O3S2. The van der Waals surface area contributed by atoms with Crippen molar-refractivity contribution >= 4 is 75.2 Å². The number of alkyl halides is 3. The fourth-order valence-corrected chi connectivity index (χ4v) is 4.51. The van der Waals surface area contributed by atoms with Crippen LogP contribution in [-0.4, -0.2) is 21.3 Å². The van der Waals surface area contributed by atoms with Crippen molar-refractivity contribution in [1.82, 2.24) is 10.4 Å². The molecule has 0 aliphatic carbocycles. The lowest BCUT2D eigenvalue weighted by molar-refractivity contribution is -0.137. The first-order valence-corrected chi connectivity index (χ1v) is 11.6. The van der Waals surface area contributed by atoms with E-state index in [9.17, 15) is 22.8 Å². The van der Waals surface area contributed by atoms with E-state index < -0.39 is 23.7 Å². The van der Waals surface area contributed by atoms with Crippen LogP contribution in [0.5, 0.6) is 0 Å². The Morgan fingerprint density at radius 1 is 1.09 bits per heavy atom. The Labute approximate surface area is 216 Å². The Hall–Kier alpha value is -2.99. The van der Waals surface area contributed by atoms with Gasteiger partial charge in [-0.15, -0.1) is 0 Å². The maximum atomic E-state index is 13.3. The number of carbonyl (C=O) groups is 2. The van der Waals surface area contributed by atoms with E-state index in [-0.39, 0.29) is 31.3 Å². The van der Waals surface area contributed by atoms with Gasteiger partial charge in [0.15, 0.2) is 4.32 Å². The Kier molecular flexibility index (Phi) is 7.13. The summed E-state index contributed by atoms with van der Waals surface area (Å²) >= 11 is 17.8. The van der Waals surface area contributed by atoms with Crippen molar-refractivity contribution in [2.45, 2.75) is 6.18 Å². The van der Waals surface area contributed by atoms with Crippen LogP contribution in [0, 0.1) is 0 Å². The molecule has 1 aliphatic rings. The topological polar surface area (TPSA) is 74.6 Å². The van der Waals surface area contributed by atoms with E-state index in [1.54, 1.807) is 0 Å². The molecule has 1 aliphatic heterocycles. The Morgan fingerprint density at radius 3 is 2.54 bits per heavy atom. The van der Waals surface area contributed by atoms with Gasteiger partial charge in [-0.2, -0.15) is 18.2 Å². The first kappa shape index (κ1) is 25.1. The van der Waals surface area contributed by atoms with Crippen molar-refractivity contribution in [3.63, 3.8) is 0 Å². The summed E-state index contributed by atoms with van der Waals surface area (Å²) < 4.78 is 45.5. The third kappa shape index (κ3) is 5.64. The highest BCUT2D eigenvalue weighted by Gasteiger charge is 2.35. The molecular weight excluding hydrogens is 546 g/mol. The molecule has 2 heterocycles. The third-order valence-corrected chi connectivity index (χ3v) is 6.62. The van der Waals surface area contributed by atoms with Crippen molar-refractivity contribution < 1.29 is 27.2 Å². The number of thiocarbonyl (C=S) groups is 1. The Morgan fingerprint density at radius 2 is 1.83 bits per heavy atom. The summed E-state index contributed by atoms with van der Waals surface area (Å²) in [7, 11) is 0. The minimum Gasteiger partial charge on any atom is -0.457 e. The van der Waals surface area contributed by atoms with Crippen LogP contribution in [0.25, 0.3) is 17.4 Å². The molecule has 6 nitrogen and oxygen atoms in total. The lowest BCUT2D eigenvalue weighted by Gasteiger charge is -2.16. The van der Waals surface area contributed by atoms with Gasteiger partial charge in [0, 0.05) is 17.3 Å². The van der Waals surface area contributed by atoms with Crippen LogP contribution in [0.3, 0.4) is 0 Å². The quantitative estimate of drug-likeness (QED) is 0.262. The second-order valence-corrected chi connectivity index (χ2v) is 9.45. The monoisotopic (exact) mass is 557 g/mol. The highest BCUT2D eigenvalue weighted by atomic mass is 35.5. The normalized spacial score (nSPS) is 15.1. The van der Waals surface area contributed by atoms with Gasteiger partial charge in [0.2, 0.25) is 0 Å². The fraction of sp³-hybridized carbons (Fsp3) is 0.0455. The number of carbonyl (C=O) groups excluding carboxylic acids is 2. The predicted octanol–water partition coefficient (Wildman–Crippen LogP) is 7.21. The molecule has 3 amide bonds. The number of rotatable bonds is 4. The van der Waals surface area contributed by atoms with Gasteiger partial charge < -0.3 is 9.73 Å². The van der Waals surface area contributed by atoms with Crippen LogP contribution in [0.15, 0.2) is 63.9 Å². The van der Waals surface area contributed by atoms with Gasteiger partial charge in [-0.1, -0.05) is 53.2 Å². The molecule has 0 spiro atoms. The van der Waals surface area contributed by atoms with Gasteiger partial charge in [-0.05, 0) is 48.6 Å². The van der Waals surface area contributed by atoms with Crippen LogP contribution in [0.1, 0.15) is 11.3 Å². The highest BCUT2D eigenvalue weighted by Crippen LogP contribution is 2.38. The third-order valence-electron chi connectivity index (χ3n) is 4.58. The van der Waals surface area contributed by atoms with E-state index in [1.165, 1.54) is 54.6 Å². The minimum absolute atomic E-state index is 0.0150. The number of hydrogen-bond donors (Lipinski definition) is 2. The zero-order valence-electron chi connectivity index (χ0n) is 17.2. The first-order chi connectivity index (χ1) is 16.5. The largest absolute Gasteiger partial charge is 0.457 e. The van der Waals surface area contributed by atoms with Gasteiger partial charge in [-0.3, -0.25) is 4.79 Å². The van der Waals surface area contributed by atoms with Gasteiger partial charge in [0.05, 0.1) is 20.5 Å². The number of nitrogens with one attached hydrogen (secondary N) is 2. The van der Waals surface area contributed by atoms with Crippen LogP contribution in [0.2, 0.25) is 10.0 Å². The number of amides is 3. The molecule has 13 heteroatoms. The Bertz CT molecular complexity index is 1380. The summed E-state index contributed by atoms with van der Waals surface area (Å²) in [4.78, 5) is 25.2. The zero-order chi connectivity index (χ0) is 25.3. The van der Waals surface area contributed by atoms with Gasteiger partial charge in [0.1, 0.15) is 11.5 Å². The average molecular weight is 558 g/mol. The molecule has 4 rings (SSSR count). The first-order valence-electron chi connectivity index (χ1n) is 9.60. The number of hydrazine groups is 1. The van der Waals surface area contributed by atoms with Crippen molar-refractivity contribution in [2.75, 3.05) is 5.32 Å². The predicted molar refractivity (Wildman–Crippen MR) is 133 cm³/mol. The average Bonchev–Trinajstić information content (AvgIpc) is 3.36. The lowest BCUT2D eigenvalue weighted by Crippen LogP contribution is -2.46. The summed E-state index contributed by atoms with van der Waals surface area (Å²) in [6.45, 7) is 0. The molecule has 1 fully saturated rings. The molecule has 2 aromatic carbocycles. The van der Waals surface area contributed by atoms with Crippen molar-refractivity contribution in [1.29, 1.82) is 0 Å². The number of halogens is 5. The molecule has 0 atom stereocenters. The van der Waals surface area contributed by atoms with Crippen LogP contribution in [0.4, 0.5) is 23.7 Å². The van der Waals surface area contributed by atoms with E-state index in [4.69, 9.17) is 39.8 Å². The molecule has 0 unspecified atom stereocenters. The second-order valence-electron chi connectivity index (χ2n) is 6.96. The highest BCUT2D eigenvalue weighted by molar-refractivity contribution is 8.26. The summed E-state index contributed by atoms with van der Waals surface area (Å²) in [6.07, 6.45) is -3.23. The minimum atomic E-state index is -4.56. The molecule has 0 bridgehead atoms. The van der Waals surface area contributed by atoms with Crippen molar-refractivity contribution in [3.05, 3.63) is 80.9 Å². The molecule has 0 saturated carbocycles. The van der Waals surface area contributed by atoms with E-state index in [2.05, 4.69) is 10.7 Å². The van der Waals surface area contributed by atoms with Gasteiger partial charge >= 0.3 is 12.2 Å². The number of thioether (sulfide) groups is 1. The fourth-order valence-electron chi connectivity index (χ4n) is 3.05. The lowest BCUT2D eigenvalue weighted by atomic mass is 10.1. The summed E-state index contributed by atoms with van der Waals surface area (Å²) in [5.74, 6) is -0.519.